The molecule has 2 aromatic rings. The minimum atomic E-state index is 0.684. The lowest BCUT2D eigenvalue weighted by molar-refractivity contribution is 0.420. The number of hydrogen-bond acceptors (Lipinski definition) is 2. The van der Waals surface area contributed by atoms with E-state index in [0.717, 1.165) is 23.9 Å². The normalized spacial score (nSPS) is 24.1. The Bertz CT molecular complexity index is 539. The Morgan fingerprint density at radius 1 is 1.19 bits per heavy atom. The zero-order valence-corrected chi connectivity index (χ0v) is 9.19. The van der Waals surface area contributed by atoms with Crippen molar-refractivity contribution in [3.8, 4) is 0 Å². The summed E-state index contributed by atoms with van der Waals surface area (Å²) >= 11 is 0. The molecule has 1 aliphatic heterocycles. The monoisotopic (exact) mass is 213 g/mol. The molecule has 1 aromatic heterocycles. The van der Waals surface area contributed by atoms with Gasteiger partial charge in [0.25, 0.3) is 0 Å². The first-order valence-electron chi connectivity index (χ1n) is 6.14. The largest absolute Gasteiger partial charge is 0.356 e. The average Bonchev–Trinajstić information content (AvgIpc) is 3.09. The van der Waals surface area contributed by atoms with E-state index < -0.39 is 0 Å². The second kappa shape index (κ2) is 3.00. The second-order valence-electron chi connectivity index (χ2n) is 4.91. The van der Waals surface area contributed by atoms with Gasteiger partial charge in [0.15, 0.2) is 0 Å². The van der Waals surface area contributed by atoms with Crippen molar-refractivity contribution in [2.75, 3.05) is 11.9 Å². The third-order valence-electron chi connectivity index (χ3n) is 3.82. The molecule has 0 bridgehead atoms. The Kier molecular flexibility index (Phi) is 1.62. The summed E-state index contributed by atoms with van der Waals surface area (Å²) in [5.74, 6) is 1.97. The molecule has 4 rings (SSSR count). The molecule has 3 nitrogen and oxygen atoms in total. The molecule has 0 spiro atoms. The van der Waals surface area contributed by atoms with Crippen LogP contribution in [0.2, 0.25) is 0 Å². The van der Waals surface area contributed by atoms with Crippen molar-refractivity contribution in [3.63, 3.8) is 0 Å². The standard InChI is InChI=1S/C13H15N3/c1-2-4-12-10(3-1)15-13-14-8-7-11(16(12)13)9-5-6-9/h1-4,9,11H,5-8H2,(H,14,15). The molecule has 1 unspecified atom stereocenters. The Balaban J connectivity index is 1.96. The molecule has 82 valence electrons. The Hall–Kier alpha value is -1.51. The predicted molar refractivity (Wildman–Crippen MR) is 64.6 cm³/mol. The van der Waals surface area contributed by atoms with Crippen molar-refractivity contribution in [2.45, 2.75) is 25.3 Å². The van der Waals surface area contributed by atoms with E-state index in [1.54, 1.807) is 0 Å². The highest BCUT2D eigenvalue weighted by Crippen LogP contribution is 2.45. The fourth-order valence-corrected chi connectivity index (χ4v) is 2.89. The highest BCUT2D eigenvalue weighted by molar-refractivity contribution is 5.79. The molecular weight excluding hydrogens is 198 g/mol. The molecule has 0 saturated heterocycles. The highest BCUT2D eigenvalue weighted by Gasteiger charge is 2.36. The summed E-state index contributed by atoms with van der Waals surface area (Å²) in [7, 11) is 0. The van der Waals surface area contributed by atoms with E-state index >= 15 is 0 Å². The van der Waals surface area contributed by atoms with Crippen molar-refractivity contribution < 1.29 is 0 Å². The predicted octanol–water partition coefficient (Wildman–Crippen LogP) is 2.80. The molecule has 0 radical (unpaired) electrons. The number of aromatic nitrogens is 2. The van der Waals surface area contributed by atoms with Gasteiger partial charge in [-0.25, -0.2) is 4.98 Å². The quantitative estimate of drug-likeness (QED) is 0.789. The van der Waals surface area contributed by atoms with Crippen LogP contribution in [0.3, 0.4) is 0 Å². The number of anilines is 1. The third kappa shape index (κ3) is 1.11. The molecule has 1 aromatic carbocycles. The summed E-state index contributed by atoms with van der Waals surface area (Å²) in [6.07, 6.45) is 4.05. The van der Waals surface area contributed by atoms with E-state index in [-0.39, 0.29) is 0 Å². The van der Waals surface area contributed by atoms with Crippen LogP contribution in [0, 0.1) is 5.92 Å². The van der Waals surface area contributed by atoms with E-state index in [1.807, 2.05) is 0 Å². The van der Waals surface area contributed by atoms with Crippen LogP contribution in [0.5, 0.6) is 0 Å². The third-order valence-corrected chi connectivity index (χ3v) is 3.82. The van der Waals surface area contributed by atoms with Gasteiger partial charge in [-0.3, -0.25) is 0 Å². The maximum absolute atomic E-state index is 4.67. The lowest BCUT2D eigenvalue weighted by atomic mass is 10.1. The number of rotatable bonds is 1. The molecule has 1 N–H and O–H groups in total. The summed E-state index contributed by atoms with van der Waals surface area (Å²) in [5, 5.41) is 3.42. The van der Waals surface area contributed by atoms with Gasteiger partial charge in [0.1, 0.15) is 0 Å². The summed E-state index contributed by atoms with van der Waals surface area (Å²) in [6.45, 7) is 1.07. The topological polar surface area (TPSA) is 29.9 Å². The van der Waals surface area contributed by atoms with Crippen molar-refractivity contribution in [1.29, 1.82) is 0 Å². The van der Waals surface area contributed by atoms with Crippen LogP contribution in [0.4, 0.5) is 5.95 Å². The van der Waals surface area contributed by atoms with E-state index in [2.05, 4.69) is 39.1 Å². The maximum Gasteiger partial charge on any atom is 0.204 e. The average molecular weight is 213 g/mol. The lowest BCUT2D eigenvalue weighted by Gasteiger charge is -2.26. The number of imidazole rings is 1. The Morgan fingerprint density at radius 2 is 2.06 bits per heavy atom. The molecule has 1 aliphatic carbocycles. The van der Waals surface area contributed by atoms with Crippen molar-refractivity contribution in [3.05, 3.63) is 24.3 Å². The minimum Gasteiger partial charge on any atom is -0.356 e. The van der Waals surface area contributed by atoms with Crippen LogP contribution >= 0.6 is 0 Å². The first-order valence-corrected chi connectivity index (χ1v) is 6.14. The number of fused-ring (bicyclic) bond motifs is 3. The molecule has 1 fully saturated rings. The molecule has 0 amide bonds. The molecular formula is C13H15N3. The Morgan fingerprint density at radius 3 is 2.94 bits per heavy atom. The van der Waals surface area contributed by atoms with Gasteiger partial charge in [-0.05, 0) is 37.3 Å². The zero-order valence-electron chi connectivity index (χ0n) is 9.19. The number of hydrogen-bond donors (Lipinski definition) is 1. The van der Waals surface area contributed by atoms with Crippen molar-refractivity contribution in [1.82, 2.24) is 9.55 Å². The van der Waals surface area contributed by atoms with Crippen LogP contribution in [-0.4, -0.2) is 16.1 Å². The van der Waals surface area contributed by atoms with Gasteiger partial charge in [-0.15, -0.1) is 0 Å². The lowest BCUT2D eigenvalue weighted by Crippen LogP contribution is -2.24. The van der Waals surface area contributed by atoms with E-state index in [1.165, 1.54) is 24.8 Å². The molecule has 2 heterocycles. The zero-order chi connectivity index (χ0) is 10.5. The van der Waals surface area contributed by atoms with Gasteiger partial charge < -0.3 is 9.88 Å². The van der Waals surface area contributed by atoms with Crippen LogP contribution in [0.25, 0.3) is 11.0 Å². The van der Waals surface area contributed by atoms with Crippen molar-refractivity contribution in [2.24, 2.45) is 5.92 Å². The first kappa shape index (κ1) is 8.62. The molecule has 1 saturated carbocycles. The van der Waals surface area contributed by atoms with E-state index in [9.17, 15) is 0 Å². The molecule has 2 aliphatic rings. The van der Waals surface area contributed by atoms with Gasteiger partial charge in [-0.1, -0.05) is 12.1 Å². The molecule has 16 heavy (non-hydrogen) atoms. The fraction of sp³-hybridized carbons (Fsp3) is 0.462. The summed E-state index contributed by atoms with van der Waals surface area (Å²) in [6, 6.07) is 9.15. The van der Waals surface area contributed by atoms with E-state index in [0.29, 0.717) is 6.04 Å². The molecule has 3 heteroatoms. The van der Waals surface area contributed by atoms with Gasteiger partial charge in [0.2, 0.25) is 5.95 Å². The van der Waals surface area contributed by atoms with Gasteiger partial charge >= 0.3 is 0 Å². The number of nitrogens with zero attached hydrogens (tertiary/aromatic N) is 2. The number of para-hydroxylation sites is 2. The van der Waals surface area contributed by atoms with Crippen LogP contribution in [0.15, 0.2) is 24.3 Å². The van der Waals surface area contributed by atoms with Gasteiger partial charge in [0, 0.05) is 12.6 Å². The van der Waals surface area contributed by atoms with Crippen LogP contribution in [-0.2, 0) is 0 Å². The van der Waals surface area contributed by atoms with E-state index in [4.69, 9.17) is 0 Å². The number of benzene rings is 1. The SMILES string of the molecule is c1ccc2c(c1)nc1n2C(C2CC2)CCN1. The summed E-state index contributed by atoms with van der Waals surface area (Å²) in [4.78, 5) is 4.67. The second-order valence-corrected chi connectivity index (χ2v) is 4.91. The summed E-state index contributed by atoms with van der Waals surface area (Å²) in [5.41, 5.74) is 2.42. The van der Waals surface area contributed by atoms with Gasteiger partial charge in [-0.2, -0.15) is 0 Å². The highest BCUT2D eigenvalue weighted by atomic mass is 15.2. The first-order chi connectivity index (χ1) is 7.93. The molecule has 1 atom stereocenters. The number of nitrogens with one attached hydrogen (secondary N) is 1. The summed E-state index contributed by atoms with van der Waals surface area (Å²) < 4.78 is 2.43. The maximum atomic E-state index is 4.67. The van der Waals surface area contributed by atoms with Gasteiger partial charge in [0.05, 0.1) is 11.0 Å². The minimum absolute atomic E-state index is 0.684. The van der Waals surface area contributed by atoms with Crippen LogP contribution in [0.1, 0.15) is 25.3 Å². The van der Waals surface area contributed by atoms with Crippen molar-refractivity contribution >= 4 is 17.0 Å². The smallest absolute Gasteiger partial charge is 0.204 e. The fourth-order valence-electron chi connectivity index (χ4n) is 2.89. The van der Waals surface area contributed by atoms with Crippen LogP contribution < -0.4 is 5.32 Å². The Labute approximate surface area is 94.5 Å².